The first kappa shape index (κ1) is 15.6. The van der Waals surface area contributed by atoms with Gasteiger partial charge in [0.2, 0.25) is 0 Å². The monoisotopic (exact) mass is 328 g/mol. The molecule has 0 saturated carbocycles. The predicted octanol–water partition coefficient (Wildman–Crippen LogP) is 4.52. The fourth-order valence-corrected chi connectivity index (χ4v) is 3.23. The standard InChI is InChI=1S/C22H18NO2/c1-14-19(11-15-7-9-23-10-8-15)18-6-5-17(25-2)12-21(18)20(14)13-22(24)16-3-4-16/h3-12H,13H2,1-2H3/b19-11-. The van der Waals surface area contributed by atoms with Crippen LogP contribution in [0, 0.1) is 6.42 Å². The van der Waals surface area contributed by atoms with E-state index in [0.717, 1.165) is 44.7 Å². The molecule has 0 aliphatic heterocycles. The Hall–Kier alpha value is -2.94. The average Bonchev–Trinajstić information content (AvgIpc) is 3.46. The maximum absolute atomic E-state index is 12.3. The minimum Gasteiger partial charge on any atom is -0.497 e. The van der Waals surface area contributed by atoms with E-state index in [0.29, 0.717) is 6.42 Å². The number of benzene rings is 1. The van der Waals surface area contributed by atoms with E-state index in [9.17, 15) is 4.79 Å². The molecule has 1 heterocycles. The lowest BCUT2D eigenvalue weighted by atomic mass is 9.99. The third-order valence-electron chi connectivity index (χ3n) is 4.71. The lowest BCUT2D eigenvalue weighted by molar-refractivity contribution is -0.114. The molecule has 0 unspecified atom stereocenters. The second kappa shape index (κ2) is 6.17. The molecule has 123 valence electrons. The molecule has 0 bridgehead atoms. The molecule has 0 amide bonds. The number of hydrogen-bond donors (Lipinski definition) is 0. The van der Waals surface area contributed by atoms with Crippen LogP contribution >= 0.6 is 0 Å². The first-order valence-electron chi connectivity index (χ1n) is 8.26. The van der Waals surface area contributed by atoms with Crippen LogP contribution in [-0.2, 0) is 4.79 Å². The Morgan fingerprint density at radius 2 is 1.92 bits per heavy atom. The average molecular weight is 328 g/mol. The Balaban J connectivity index is 1.82. The van der Waals surface area contributed by atoms with E-state index in [1.165, 1.54) is 0 Å². The quantitative estimate of drug-likeness (QED) is 0.810. The van der Waals surface area contributed by atoms with Gasteiger partial charge in [-0.05, 0) is 76.2 Å². The van der Waals surface area contributed by atoms with Crippen molar-refractivity contribution in [3.63, 3.8) is 0 Å². The second-order valence-corrected chi connectivity index (χ2v) is 6.24. The number of allylic oxidation sites excluding steroid dienone is 5. The molecule has 4 rings (SSSR count). The zero-order valence-corrected chi connectivity index (χ0v) is 14.2. The number of carbonyl (C=O) groups excluding carboxylic acids is 1. The minimum atomic E-state index is 0.174. The van der Waals surface area contributed by atoms with Crippen LogP contribution in [0.3, 0.4) is 0 Å². The molecule has 1 radical (unpaired) electrons. The molecule has 2 aliphatic rings. The maximum atomic E-state index is 12.3. The third kappa shape index (κ3) is 2.93. The van der Waals surface area contributed by atoms with Gasteiger partial charge < -0.3 is 4.74 Å². The first-order chi connectivity index (χ1) is 12.2. The Kier molecular flexibility index (Phi) is 3.85. The molecule has 1 aromatic heterocycles. The minimum absolute atomic E-state index is 0.174. The van der Waals surface area contributed by atoms with E-state index in [1.54, 1.807) is 19.5 Å². The highest BCUT2D eigenvalue weighted by Crippen LogP contribution is 2.45. The number of aromatic nitrogens is 1. The van der Waals surface area contributed by atoms with Crippen molar-refractivity contribution in [3.05, 3.63) is 83.1 Å². The molecular weight excluding hydrogens is 310 g/mol. The van der Waals surface area contributed by atoms with E-state index in [-0.39, 0.29) is 5.78 Å². The molecule has 0 N–H and O–H groups in total. The summed E-state index contributed by atoms with van der Waals surface area (Å²) in [5.41, 5.74) is 7.54. The summed E-state index contributed by atoms with van der Waals surface area (Å²) < 4.78 is 5.39. The molecule has 0 spiro atoms. The summed E-state index contributed by atoms with van der Waals surface area (Å²) in [6.07, 6.45) is 9.88. The van der Waals surface area contributed by atoms with Gasteiger partial charge in [-0.2, -0.15) is 0 Å². The number of methoxy groups -OCH3 is 1. The van der Waals surface area contributed by atoms with Gasteiger partial charge in [-0.15, -0.1) is 0 Å². The zero-order chi connectivity index (χ0) is 17.4. The van der Waals surface area contributed by atoms with Gasteiger partial charge in [-0.1, -0.05) is 12.1 Å². The summed E-state index contributed by atoms with van der Waals surface area (Å²) >= 11 is 0. The molecule has 1 aromatic carbocycles. The van der Waals surface area contributed by atoms with E-state index < -0.39 is 0 Å². The van der Waals surface area contributed by atoms with Gasteiger partial charge in [0, 0.05) is 25.2 Å². The van der Waals surface area contributed by atoms with Gasteiger partial charge in [0.25, 0.3) is 0 Å². The maximum Gasteiger partial charge on any atom is 0.163 e. The van der Waals surface area contributed by atoms with Gasteiger partial charge in [0.1, 0.15) is 5.75 Å². The summed E-state index contributed by atoms with van der Waals surface area (Å²) in [6, 6.07) is 10.0. The van der Waals surface area contributed by atoms with Crippen LogP contribution in [0.1, 0.15) is 30.0 Å². The highest BCUT2D eigenvalue weighted by atomic mass is 16.5. The number of pyridine rings is 1. The SMILES string of the molecule is COc1ccc2c(c1)C(CC(=O)C1=C[CH]1)=C(C)/C2=C/c1ccncc1. The number of carbonyl (C=O) groups is 1. The van der Waals surface area contributed by atoms with E-state index in [2.05, 4.69) is 24.1 Å². The van der Waals surface area contributed by atoms with Crippen molar-refractivity contribution in [2.75, 3.05) is 7.11 Å². The summed E-state index contributed by atoms with van der Waals surface area (Å²) in [5, 5.41) is 0. The molecule has 2 aromatic rings. The number of fused-ring (bicyclic) bond motifs is 1. The summed E-state index contributed by atoms with van der Waals surface area (Å²) in [7, 11) is 1.66. The largest absolute Gasteiger partial charge is 0.497 e. The van der Waals surface area contributed by atoms with Crippen LogP contribution in [0.2, 0.25) is 0 Å². The van der Waals surface area contributed by atoms with Crippen LogP contribution in [0.25, 0.3) is 17.2 Å². The van der Waals surface area contributed by atoms with Crippen LogP contribution in [-0.4, -0.2) is 17.9 Å². The molecule has 3 nitrogen and oxygen atoms in total. The summed E-state index contributed by atoms with van der Waals surface area (Å²) in [5.74, 6) is 0.979. The van der Waals surface area contributed by atoms with Crippen molar-refractivity contribution in [1.82, 2.24) is 4.98 Å². The van der Waals surface area contributed by atoms with Crippen molar-refractivity contribution in [1.29, 1.82) is 0 Å². The molecule has 0 atom stereocenters. The third-order valence-corrected chi connectivity index (χ3v) is 4.71. The van der Waals surface area contributed by atoms with Gasteiger partial charge in [0.05, 0.1) is 7.11 Å². The molecule has 3 heteroatoms. The molecule has 25 heavy (non-hydrogen) atoms. The number of nitrogens with zero attached hydrogens (tertiary/aromatic N) is 1. The van der Waals surface area contributed by atoms with E-state index >= 15 is 0 Å². The fraction of sp³-hybridized carbons (Fsp3) is 0.136. The topological polar surface area (TPSA) is 39.2 Å². The molecule has 2 aliphatic carbocycles. The molecule has 0 fully saturated rings. The molecule has 0 saturated heterocycles. The van der Waals surface area contributed by atoms with Gasteiger partial charge in [-0.25, -0.2) is 0 Å². The fourth-order valence-electron chi connectivity index (χ4n) is 3.23. The Labute approximate surface area is 147 Å². The lowest BCUT2D eigenvalue weighted by Gasteiger charge is -2.07. The normalized spacial score (nSPS) is 16.7. The van der Waals surface area contributed by atoms with E-state index in [4.69, 9.17) is 4.74 Å². The highest BCUT2D eigenvalue weighted by Gasteiger charge is 2.28. The summed E-state index contributed by atoms with van der Waals surface area (Å²) in [6.45, 7) is 2.09. The number of Topliss-reactive ketones (excluding diaryl/α,β-unsaturated/α-hetero) is 1. The smallest absolute Gasteiger partial charge is 0.163 e. The van der Waals surface area contributed by atoms with Crippen LogP contribution in [0.15, 0.2) is 59.9 Å². The van der Waals surface area contributed by atoms with Crippen molar-refractivity contribution in [3.8, 4) is 5.75 Å². The molecular formula is C22H18NO2. The number of hydrogen-bond acceptors (Lipinski definition) is 3. The number of ketones is 1. The Morgan fingerprint density at radius 1 is 1.16 bits per heavy atom. The van der Waals surface area contributed by atoms with Crippen LogP contribution < -0.4 is 4.74 Å². The van der Waals surface area contributed by atoms with Crippen molar-refractivity contribution in [2.24, 2.45) is 0 Å². The van der Waals surface area contributed by atoms with Crippen molar-refractivity contribution in [2.45, 2.75) is 13.3 Å². The van der Waals surface area contributed by atoms with Crippen molar-refractivity contribution < 1.29 is 9.53 Å². The van der Waals surface area contributed by atoms with Crippen molar-refractivity contribution >= 4 is 23.0 Å². The Morgan fingerprint density at radius 3 is 2.60 bits per heavy atom. The van der Waals surface area contributed by atoms with Crippen LogP contribution in [0.5, 0.6) is 5.75 Å². The predicted molar refractivity (Wildman–Crippen MR) is 99.7 cm³/mol. The van der Waals surface area contributed by atoms with Gasteiger partial charge in [-0.3, -0.25) is 9.78 Å². The first-order valence-corrected chi connectivity index (χ1v) is 8.26. The zero-order valence-electron chi connectivity index (χ0n) is 14.2. The van der Waals surface area contributed by atoms with Crippen LogP contribution in [0.4, 0.5) is 0 Å². The summed E-state index contributed by atoms with van der Waals surface area (Å²) in [4.78, 5) is 16.4. The van der Waals surface area contributed by atoms with E-state index in [1.807, 2.05) is 36.8 Å². The highest BCUT2D eigenvalue weighted by molar-refractivity contribution is 6.13. The number of ether oxygens (including phenoxy) is 1. The lowest BCUT2D eigenvalue weighted by Crippen LogP contribution is -1.98. The Bertz CT molecular complexity index is 949. The van der Waals surface area contributed by atoms with Gasteiger partial charge >= 0.3 is 0 Å². The second-order valence-electron chi connectivity index (χ2n) is 6.24. The van der Waals surface area contributed by atoms with Gasteiger partial charge in [0.15, 0.2) is 5.78 Å². The number of rotatable bonds is 5.